The standard InChI is InChI=1S/C25H26N8O3/c1-4-27-24(35)19-9-18(34)25(36-19)33-13-29-20-22(28-12-17-7-5-6-15(3)30-17)31-21(32-23(20)33)16-8-14(2)10-26-11-16/h4-8,10-11,13,18-19,25,34H,1,9,12H2,2-3H3,(H,27,35)(H,28,31,32)/t18-,19+,25-/m1/s1. The lowest BCUT2D eigenvalue weighted by Crippen LogP contribution is -2.30. The van der Waals surface area contributed by atoms with E-state index in [1.807, 2.05) is 38.1 Å². The Morgan fingerprint density at radius 1 is 1.28 bits per heavy atom. The van der Waals surface area contributed by atoms with Crippen LogP contribution in [0.25, 0.3) is 22.6 Å². The zero-order valence-corrected chi connectivity index (χ0v) is 19.9. The van der Waals surface area contributed by atoms with Crippen LogP contribution in [0.15, 0.2) is 55.8 Å². The van der Waals surface area contributed by atoms with Gasteiger partial charge in [0.25, 0.3) is 5.91 Å². The Kier molecular flexibility index (Phi) is 6.40. The molecule has 3 N–H and O–H groups in total. The van der Waals surface area contributed by atoms with E-state index in [0.717, 1.165) is 22.5 Å². The van der Waals surface area contributed by atoms with Crippen LogP contribution in [0.2, 0.25) is 0 Å². The van der Waals surface area contributed by atoms with E-state index in [9.17, 15) is 9.90 Å². The van der Waals surface area contributed by atoms with E-state index >= 15 is 0 Å². The number of aliphatic hydroxyl groups excluding tert-OH is 1. The maximum Gasteiger partial charge on any atom is 0.253 e. The Labute approximate surface area is 207 Å². The number of aromatic nitrogens is 6. The number of carbonyl (C=O) groups excluding carboxylic acids is 1. The number of hydrogen-bond acceptors (Lipinski definition) is 9. The van der Waals surface area contributed by atoms with E-state index < -0.39 is 18.4 Å². The molecule has 5 rings (SSSR count). The van der Waals surface area contributed by atoms with Crippen molar-refractivity contribution in [1.29, 1.82) is 0 Å². The second kappa shape index (κ2) is 9.80. The highest BCUT2D eigenvalue weighted by molar-refractivity contribution is 5.85. The molecule has 3 atom stereocenters. The first kappa shape index (κ1) is 23.5. The lowest BCUT2D eigenvalue weighted by atomic mass is 10.2. The number of aryl methyl sites for hydroxylation is 2. The molecule has 5 heterocycles. The number of nitrogens with zero attached hydrogens (tertiary/aromatic N) is 6. The van der Waals surface area contributed by atoms with Gasteiger partial charge in [0, 0.05) is 30.1 Å². The van der Waals surface area contributed by atoms with Gasteiger partial charge in [-0.3, -0.25) is 19.3 Å². The lowest BCUT2D eigenvalue weighted by molar-refractivity contribution is -0.133. The van der Waals surface area contributed by atoms with Crippen LogP contribution >= 0.6 is 0 Å². The number of nitrogens with one attached hydrogen (secondary N) is 2. The molecule has 0 bridgehead atoms. The van der Waals surface area contributed by atoms with E-state index in [1.54, 1.807) is 17.0 Å². The molecule has 1 saturated heterocycles. The van der Waals surface area contributed by atoms with Crippen LogP contribution < -0.4 is 10.6 Å². The van der Waals surface area contributed by atoms with Crippen LogP contribution in [0.5, 0.6) is 0 Å². The number of imidazole rings is 1. The molecule has 0 spiro atoms. The van der Waals surface area contributed by atoms with Gasteiger partial charge in [-0.05, 0) is 43.8 Å². The van der Waals surface area contributed by atoms with E-state index in [-0.39, 0.29) is 12.3 Å². The molecule has 4 aromatic rings. The summed E-state index contributed by atoms with van der Waals surface area (Å²) in [5.41, 5.74) is 4.43. The van der Waals surface area contributed by atoms with Crippen molar-refractivity contribution in [3.05, 3.63) is 72.7 Å². The molecular weight excluding hydrogens is 460 g/mol. The van der Waals surface area contributed by atoms with Crippen molar-refractivity contribution in [3.8, 4) is 11.4 Å². The molecule has 0 unspecified atom stereocenters. The highest BCUT2D eigenvalue weighted by Gasteiger charge is 2.39. The van der Waals surface area contributed by atoms with Gasteiger partial charge in [0.2, 0.25) is 0 Å². The van der Waals surface area contributed by atoms with E-state index in [2.05, 4.69) is 32.2 Å². The summed E-state index contributed by atoms with van der Waals surface area (Å²) < 4.78 is 7.53. The van der Waals surface area contributed by atoms with E-state index in [0.29, 0.717) is 29.4 Å². The zero-order valence-electron chi connectivity index (χ0n) is 19.9. The van der Waals surface area contributed by atoms with E-state index in [1.165, 1.54) is 12.5 Å². The molecule has 4 aromatic heterocycles. The topological polar surface area (TPSA) is 140 Å². The van der Waals surface area contributed by atoms with Gasteiger partial charge in [-0.2, -0.15) is 0 Å². The number of anilines is 1. The molecule has 11 nitrogen and oxygen atoms in total. The summed E-state index contributed by atoms with van der Waals surface area (Å²) in [4.78, 5) is 35.1. The van der Waals surface area contributed by atoms with Gasteiger partial charge in [0.1, 0.15) is 12.2 Å². The minimum Gasteiger partial charge on any atom is -0.388 e. The number of amides is 1. The fourth-order valence-corrected chi connectivity index (χ4v) is 4.17. The SMILES string of the molecule is C=CNC(=O)[C@@H]1C[C@@H](O)[C@H](n2cnc3c(NCc4cccc(C)n4)nc(-c4cncc(C)c4)nc32)O1. The van der Waals surface area contributed by atoms with Gasteiger partial charge in [0.15, 0.2) is 29.0 Å². The molecule has 0 aliphatic carbocycles. The molecule has 1 amide bonds. The predicted octanol–water partition coefficient (Wildman–Crippen LogP) is 2.42. The van der Waals surface area contributed by atoms with E-state index in [4.69, 9.17) is 14.7 Å². The van der Waals surface area contributed by atoms with Gasteiger partial charge in [-0.1, -0.05) is 12.6 Å². The second-order valence-corrected chi connectivity index (χ2v) is 8.63. The van der Waals surface area contributed by atoms with Crippen molar-refractivity contribution in [1.82, 2.24) is 34.8 Å². The summed E-state index contributed by atoms with van der Waals surface area (Å²) >= 11 is 0. The summed E-state index contributed by atoms with van der Waals surface area (Å²) in [5.74, 6) is 0.575. The molecule has 0 aromatic carbocycles. The average Bonchev–Trinajstić information content (AvgIpc) is 3.46. The van der Waals surface area contributed by atoms with Crippen molar-refractivity contribution in [2.75, 3.05) is 5.32 Å². The molecule has 11 heteroatoms. The highest BCUT2D eigenvalue weighted by Crippen LogP contribution is 2.33. The Morgan fingerprint density at radius 3 is 2.92 bits per heavy atom. The van der Waals surface area contributed by atoms with Crippen molar-refractivity contribution >= 4 is 22.9 Å². The maximum absolute atomic E-state index is 12.2. The lowest BCUT2D eigenvalue weighted by Gasteiger charge is -2.17. The number of rotatable bonds is 7. The summed E-state index contributed by atoms with van der Waals surface area (Å²) in [7, 11) is 0. The fraction of sp³-hybridized carbons (Fsp3) is 0.280. The minimum absolute atomic E-state index is 0.133. The normalized spacial score (nSPS) is 19.4. The van der Waals surface area contributed by atoms with Crippen LogP contribution in [0, 0.1) is 13.8 Å². The minimum atomic E-state index is -0.935. The molecule has 0 saturated carbocycles. The monoisotopic (exact) mass is 486 g/mol. The van der Waals surface area contributed by atoms with Crippen LogP contribution in [0.4, 0.5) is 5.82 Å². The fourth-order valence-electron chi connectivity index (χ4n) is 4.17. The van der Waals surface area contributed by atoms with Crippen molar-refractivity contribution < 1.29 is 14.6 Å². The van der Waals surface area contributed by atoms with Crippen molar-refractivity contribution in [2.24, 2.45) is 0 Å². The maximum atomic E-state index is 12.2. The molecule has 0 radical (unpaired) electrons. The number of carbonyl (C=O) groups is 1. The van der Waals surface area contributed by atoms with Crippen molar-refractivity contribution in [3.63, 3.8) is 0 Å². The third-order valence-corrected chi connectivity index (χ3v) is 5.84. The summed E-state index contributed by atoms with van der Waals surface area (Å²) in [5, 5.41) is 16.6. The first-order valence-corrected chi connectivity index (χ1v) is 11.5. The van der Waals surface area contributed by atoms with Crippen LogP contribution in [-0.2, 0) is 16.1 Å². The third kappa shape index (κ3) is 4.66. The average molecular weight is 487 g/mol. The number of ether oxygens (including phenoxy) is 1. The van der Waals surface area contributed by atoms with Gasteiger partial charge in [-0.25, -0.2) is 15.0 Å². The number of hydrogen-bond donors (Lipinski definition) is 3. The van der Waals surface area contributed by atoms with Crippen molar-refractivity contribution in [2.45, 2.75) is 45.2 Å². The molecular formula is C25H26N8O3. The molecule has 36 heavy (non-hydrogen) atoms. The first-order valence-electron chi connectivity index (χ1n) is 11.5. The predicted molar refractivity (Wildman–Crippen MR) is 132 cm³/mol. The van der Waals surface area contributed by atoms with Gasteiger partial charge in [-0.15, -0.1) is 0 Å². The Morgan fingerprint density at radius 2 is 2.14 bits per heavy atom. The van der Waals surface area contributed by atoms with Gasteiger partial charge >= 0.3 is 0 Å². The quantitative estimate of drug-likeness (QED) is 0.359. The summed E-state index contributed by atoms with van der Waals surface area (Å²) in [6.45, 7) is 7.81. The second-order valence-electron chi connectivity index (χ2n) is 8.63. The zero-order chi connectivity index (χ0) is 25.2. The van der Waals surface area contributed by atoms with Gasteiger partial charge < -0.3 is 20.5 Å². The summed E-state index contributed by atoms with van der Waals surface area (Å²) in [6.07, 6.45) is 3.80. The number of fused-ring (bicyclic) bond motifs is 1. The smallest absolute Gasteiger partial charge is 0.253 e. The number of pyridine rings is 2. The molecule has 184 valence electrons. The van der Waals surface area contributed by atoms with Crippen LogP contribution in [0.1, 0.15) is 29.6 Å². The van der Waals surface area contributed by atoms with Crippen LogP contribution in [-0.4, -0.2) is 52.7 Å². The largest absolute Gasteiger partial charge is 0.388 e. The Balaban J connectivity index is 1.55. The number of aliphatic hydroxyl groups is 1. The molecule has 1 aliphatic heterocycles. The molecule has 1 aliphatic rings. The third-order valence-electron chi connectivity index (χ3n) is 5.84. The Bertz CT molecular complexity index is 1440. The summed E-state index contributed by atoms with van der Waals surface area (Å²) in [6, 6.07) is 7.76. The van der Waals surface area contributed by atoms with Gasteiger partial charge in [0.05, 0.1) is 18.6 Å². The molecule has 1 fully saturated rings. The first-order chi connectivity index (χ1) is 17.4. The van der Waals surface area contributed by atoms with Crippen LogP contribution in [0.3, 0.4) is 0 Å². The highest BCUT2D eigenvalue weighted by atomic mass is 16.5. The Hall–Kier alpha value is -4.22.